The lowest BCUT2D eigenvalue weighted by Crippen LogP contribution is -2.51. The third-order valence-electron chi connectivity index (χ3n) is 3.99. The molecule has 0 aromatic heterocycles. The van der Waals surface area contributed by atoms with Gasteiger partial charge in [-0.05, 0) is 45.8 Å². The predicted octanol–water partition coefficient (Wildman–Crippen LogP) is 1.15. The first-order chi connectivity index (χ1) is 7.79. The molecular weight excluding hydrogens is 198 g/mol. The van der Waals surface area contributed by atoms with Crippen LogP contribution in [-0.2, 0) is 0 Å². The van der Waals surface area contributed by atoms with Crippen molar-refractivity contribution < 1.29 is 0 Å². The minimum Gasteiger partial charge on any atom is -0.314 e. The minimum absolute atomic E-state index is 0.783. The number of rotatable bonds is 6. The van der Waals surface area contributed by atoms with Gasteiger partial charge < -0.3 is 15.1 Å². The molecule has 1 N–H and O–H groups in total. The molecule has 94 valence electrons. The van der Waals surface area contributed by atoms with Crippen molar-refractivity contribution in [1.82, 2.24) is 15.1 Å². The molecule has 1 saturated carbocycles. The van der Waals surface area contributed by atoms with Gasteiger partial charge in [0.2, 0.25) is 0 Å². The van der Waals surface area contributed by atoms with Crippen LogP contribution >= 0.6 is 0 Å². The first-order valence-electron chi connectivity index (χ1n) is 6.95. The topological polar surface area (TPSA) is 18.5 Å². The Labute approximate surface area is 100 Å². The predicted molar refractivity (Wildman–Crippen MR) is 68.8 cm³/mol. The van der Waals surface area contributed by atoms with Gasteiger partial charge in [-0.3, -0.25) is 0 Å². The summed E-state index contributed by atoms with van der Waals surface area (Å²) in [4.78, 5) is 5.15. The standard InChI is InChI=1S/C13H27N3/c1-3-13-11-16(10-9-15(13)2)8-4-7-14-12-5-6-12/h12-14H,3-11H2,1-2H3. The van der Waals surface area contributed by atoms with Gasteiger partial charge in [-0.2, -0.15) is 0 Å². The van der Waals surface area contributed by atoms with Crippen LogP contribution in [0.4, 0.5) is 0 Å². The fraction of sp³-hybridized carbons (Fsp3) is 1.00. The van der Waals surface area contributed by atoms with Crippen LogP contribution in [0.2, 0.25) is 0 Å². The Bertz CT molecular complexity index is 203. The van der Waals surface area contributed by atoms with Gasteiger partial charge >= 0.3 is 0 Å². The summed E-state index contributed by atoms with van der Waals surface area (Å²) in [6.07, 6.45) is 5.42. The minimum atomic E-state index is 0.783. The van der Waals surface area contributed by atoms with E-state index in [1.54, 1.807) is 0 Å². The van der Waals surface area contributed by atoms with Gasteiger partial charge in [-0.25, -0.2) is 0 Å². The van der Waals surface area contributed by atoms with Crippen molar-refractivity contribution in [2.75, 3.05) is 39.8 Å². The lowest BCUT2D eigenvalue weighted by Gasteiger charge is -2.39. The van der Waals surface area contributed by atoms with Crippen molar-refractivity contribution in [2.45, 2.75) is 44.7 Å². The van der Waals surface area contributed by atoms with Crippen molar-refractivity contribution in [1.29, 1.82) is 0 Å². The highest BCUT2D eigenvalue weighted by Crippen LogP contribution is 2.18. The van der Waals surface area contributed by atoms with E-state index in [4.69, 9.17) is 0 Å². The molecule has 0 amide bonds. The molecule has 16 heavy (non-hydrogen) atoms. The van der Waals surface area contributed by atoms with Crippen LogP contribution in [0.1, 0.15) is 32.6 Å². The summed E-state index contributed by atoms with van der Waals surface area (Å²) < 4.78 is 0. The molecule has 0 aromatic rings. The van der Waals surface area contributed by atoms with Crippen molar-refractivity contribution in [3.05, 3.63) is 0 Å². The number of hydrogen-bond acceptors (Lipinski definition) is 3. The van der Waals surface area contributed by atoms with Crippen molar-refractivity contribution in [3.8, 4) is 0 Å². The third kappa shape index (κ3) is 3.72. The Balaban J connectivity index is 1.57. The summed E-state index contributed by atoms with van der Waals surface area (Å²) in [5.74, 6) is 0. The van der Waals surface area contributed by atoms with Crippen LogP contribution in [0.5, 0.6) is 0 Å². The maximum absolute atomic E-state index is 3.59. The third-order valence-corrected chi connectivity index (χ3v) is 3.99. The number of nitrogens with zero attached hydrogens (tertiary/aromatic N) is 2. The van der Waals surface area contributed by atoms with Crippen LogP contribution in [0.25, 0.3) is 0 Å². The zero-order valence-electron chi connectivity index (χ0n) is 10.9. The fourth-order valence-electron chi connectivity index (χ4n) is 2.55. The molecule has 3 nitrogen and oxygen atoms in total. The second kappa shape index (κ2) is 5.99. The van der Waals surface area contributed by atoms with Gasteiger partial charge in [0.15, 0.2) is 0 Å². The monoisotopic (exact) mass is 225 g/mol. The summed E-state index contributed by atoms with van der Waals surface area (Å²) in [7, 11) is 2.26. The zero-order valence-corrected chi connectivity index (χ0v) is 10.9. The van der Waals surface area contributed by atoms with Gasteiger partial charge in [-0.1, -0.05) is 6.92 Å². The average molecular weight is 225 g/mol. The van der Waals surface area contributed by atoms with E-state index in [0.29, 0.717) is 0 Å². The highest BCUT2D eigenvalue weighted by atomic mass is 15.3. The highest BCUT2D eigenvalue weighted by Gasteiger charge is 2.23. The van der Waals surface area contributed by atoms with Crippen molar-refractivity contribution >= 4 is 0 Å². The molecule has 1 aliphatic carbocycles. The van der Waals surface area contributed by atoms with E-state index in [9.17, 15) is 0 Å². The van der Waals surface area contributed by atoms with Crippen LogP contribution in [0.15, 0.2) is 0 Å². The molecule has 0 bridgehead atoms. The molecule has 2 rings (SSSR count). The van der Waals surface area contributed by atoms with E-state index in [2.05, 4.69) is 29.1 Å². The van der Waals surface area contributed by atoms with Crippen LogP contribution in [0.3, 0.4) is 0 Å². The summed E-state index contributed by atoms with van der Waals surface area (Å²) in [6, 6.07) is 1.65. The van der Waals surface area contributed by atoms with Crippen molar-refractivity contribution in [2.24, 2.45) is 0 Å². The van der Waals surface area contributed by atoms with E-state index >= 15 is 0 Å². The summed E-state index contributed by atoms with van der Waals surface area (Å²) in [5, 5.41) is 3.59. The molecule has 2 aliphatic rings. The van der Waals surface area contributed by atoms with Crippen LogP contribution in [-0.4, -0.2) is 61.7 Å². The zero-order chi connectivity index (χ0) is 11.4. The van der Waals surface area contributed by atoms with Gasteiger partial charge in [0.05, 0.1) is 0 Å². The van der Waals surface area contributed by atoms with E-state index in [0.717, 1.165) is 12.1 Å². The molecule has 0 spiro atoms. The first-order valence-corrected chi connectivity index (χ1v) is 6.95. The Kier molecular flexibility index (Phi) is 4.62. The number of nitrogens with one attached hydrogen (secondary N) is 1. The smallest absolute Gasteiger partial charge is 0.0218 e. The Morgan fingerprint density at radius 1 is 1.25 bits per heavy atom. The number of likely N-dealkylation sites (N-methyl/N-ethyl adjacent to an activating group) is 1. The second-order valence-corrected chi connectivity index (χ2v) is 5.43. The van der Waals surface area contributed by atoms with E-state index in [1.165, 1.54) is 58.4 Å². The largest absolute Gasteiger partial charge is 0.314 e. The Morgan fingerprint density at radius 3 is 2.75 bits per heavy atom. The average Bonchev–Trinajstić information content (AvgIpc) is 3.10. The molecular formula is C13H27N3. The molecule has 1 heterocycles. The molecule has 1 aliphatic heterocycles. The van der Waals surface area contributed by atoms with Gasteiger partial charge in [0.25, 0.3) is 0 Å². The summed E-state index contributed by atoms with van der Waals surface area (Å²) in [6.45, 7) is 8.58. The van der Waals surface area contributed by atoms with Gasteiger partial charge in [0.1, 0.15) is 0 Å². The van der Waals surface area contributed by atoms with Crippen LogP contribution in [0, 0.1) is 0 Å². The lowest BCUT2D eigenvalue weighted by molar-refractivity contribution is 0.0925. The highest BCUT2D eigenvalue weighted by molar-refractivity contribution is 4.82. The Morgan fingerprint density at radius 2 is 2.06 bits per heavy atom. The second-order valence-electron chi connectivity index (χ2n) is 5.43. The molecule has 2 fully saturated rings. The molecule has 1 saturated heterocycles. The summed E-state index contributed by atoms with van der Waals surface area (Å²) >= 11 is 0. The lowest BCUT2D eigenvalue weighted by atomic mass is 10.1. The molecule has 0 radical (unpaired) electrons. The summed E-state index contributed by atoms with van der Waals surface area (Å²) in [5.41, 5.74) is 0. The Hall–Kier alpha value is -0.120. The fourth-order valence-corrected chi connectivity index (χ4v) is 2.55. The first kappa shape index (κ1) is 12.3. The maximum Gasteiger partial charge on any atom is 0.0218 e. The van der Waals surface area contributed by atoms with E-state index in [-0.39, 0.29) is 0 Å². The van der Waals surface area contributed by atoms with Gasteiger partial charge in [0, 0.05) is 31.7 Å². The van der Waals surface area contributed by atoms with Crippen LogP contribution < -0.4 is 5.32 Å². The number of hydrogen-bond donors (Lipinski definition) is 1. The molecule has 0 aromatic carbocycles. The molecule has 1 atom stereocenters. The van der Waals surface area contributed by atoms with E-state index < -0.39 is 0 Å². The normalized spacial score (nSPS) is 28.5. The van der Waals surface area contributed by atoms with Gasteiger partial charge in [-0.15, -0.1) is 0 Å². The molecule has 3 heteroatoms. The maximum atomic E-state index is 3.59. The number of piperazine rings is 1. The molecule has 1 unspecified atom stereocenters. The SMILES string of the molecule is CCC1CN(CCCNC2CC2)CCN1C. The van der Waals surface area contributed by atoms with Crippen molar-refractivity contribution in [3.63, 3.8) is 0 Å². The van der Waals surface area contributed by atoms with E-state index in [1.807, 2.05) is 0 Å². The quantitative estimate of drug-likeness (QED) is 0.684.